The molecule has 1 aliphatic heterocycles. The van der Waals surface area contributed by atoms with Crippen molar-refractivity contribution in [2.24, 2.45) is 7.05 Å². The molecule has 1 aromatic heterocycles. The largest absolute Gasteiger partial charge is 0.367 e. The summed E-state index contributed by atoms with van der Waals surface area (Å²) in [5, 5.41) is 0. The summed E-state index contributed by atoms with van der Waals surface area (Å²) in [4.78, 5) is 25.1. The fraction of sp³-hybridized carbons (Fsp3) is 0.375. The molecule has 0 saturated carbocycles. The fourth-order valence-corrected chi connectivity index (χ4v) is 2.49. The summed E-state index contributed by atoms with van der Waals surface area (Å²) in [5.74, 6) is 0. The Labute approximate surface area is 135 Å². The molecule has 22 heavy (non-hydrogen) atoms. The van der Waals surface area contributed by atoms with E-state index in [0.717, 1.165) is 7.05 Å². The van der Waals surface area contributed by atoms with Crippen LogP contribution in [0.4, 0.5) is 0 Å². The summed E-state index contributed by atoms with van der Waals surface area (Å²) in [6, 6.07) is 1.91. The predicted octanol–water partition coefficient (Wildman–Crippen LogP) is 0.990. The van der Waals surface area contributed by atoms with E-state index in [1.807, 2.05) is 0 Å². The van der Waals surface area contributed by atoms with Gasteiger partial charge in [0.25, 0.3) is 0 Å². The molecule has 0 saturated heterocycles. The van der Waals surface area contributed by atoms with E-state index in [-0.39, 0.29) is 6.61 Å². The lowest BCUT2D eigenvalue weighted by Crippen LogP contribution is -2.33. The number of aromatic nitrogens is 3. The molecule has 1 aromatic carbocycles. The first kappa shape index (κ1) is 8.33. The molecule has 0 amide bonds. The van der Waals surface area contributed by atoms with Crippen LogP contribution in [-0.4, -0.2) is 20.0 Å². The monoisotopic (exact) mass is 305 g/mol. The zero-order chi connectivity index (χ0) is 20.6. The second kappa shape index (κ2) is 4.84. The molecule has 0 unspecified atom stereocenters. The van der Waals surface area contributed by atoms with Crippen molar-refractivity contribution >= 4 is 0 Å². The van der Waals surface area contributed by atoms with E-state index in [1.165, 1.54) is 0 Å². The van der Waals surface area contributed by atoms with Crippen LogP contribution in [0.3, 0.4) is 0 Å². The Kier molecular flexibility index (Phi) is 1.84. The maximum Gasteiger partial charge on any atom is 0.347 e. The number of ether oxygens (including phenoxy) is 1. The number of nitrogens with zero attached hydrogens (tertiary/aromatic N) is 3. The summed E-state index contributed by atoms with van der Waals surface area (Å²) in [6.07, 6.45) is -4.55. The first-order valence-corrected chi connectivity index (χ1v) is 6.73. The predicted molar refractivity (Wildman–Crippen MR) is 80.8 cm³/mol. The van der Waals surface area contributed by atoms with Crippen LogP contribution < -0.4 is 11.4 Å². The molecule has 2 bridgehead atoms. The highest BCUT2D eigenvalue weighted by Gasteiger charge is 2.40. The van der Waals surface area contributed by atoms with E-state index in [2.05, 4.69) is 0 Å². The van der Waals surface area contributed by atoms with Gasteiger partial charge in [0.1, 0.15) is 0 Å². The van der Waals surface area contributed by atoms with Gasteiger partial charge in [0.15, 0.2) is 0 Å². The normalized spacial score (nSPS) is 43.6. The van der Waals surface area contributed by atoms with Crippen LogP contribution in [0.25, 0.3) is 0 Å². The van der Waals surface area contributed by atoms with E-state index >= 15 is 0 Å². The number of hydrogen-bond donors (Lipinski definition) is 0. The highest BCUT2D eigenvalue weighted by molar-refractivity contribution is 5.15. The van der Waals surface area contributed by atoms with Gasteiger partial charge in [-0.25, -0.2) is 23.5 Å². The lowest BCUT2D eigenvalue weighted by atomic mass is 9.97. The molecule has 2 aromatic rings. The van der Waals surface area contributed by atoms with Gasteiger partial charge in [0.05, 0.1) is 31.6 Å². The minimum atomic E-state index is -2.65. The molecule has 114 valence electrons. The molecule has 2 heterocycles. The molecule has 1 aliphatic carbocycles. The van der Waals surface area contributed by atoms with Gasteiger partial charge in [0.2, 0.25) is 0 Å². The van der Waals surface area contributed by atoms with E-state index in [1.54, 1.807) is 30.3 Å². The van der Waals surface area contributed by atoms with Gasteiger partial charge in [-0.2, -0.15) is 0 Å². The van der Waals surface area contributed by atoms with Crippen molar-refractivity contribution in [2.75, 3.05) is 0 Å². The molecule has 4 atom stereocenters. The molecule has 0 N–H and O–H groups in total. The van der Waals surface area contributed by atoms with Gasteiger partial charge >= 0.3 is 11.4 Å². The maximum atomic E-state index is 12.6. The summed E-state index contributed by atoms with van der Waals surface area (Å²) in [7, 11) is 1.15. The third-order valence-corrected chi connectivity index (χ3v) is 3.63. The average molecular weight is 305 g/mol. The first-order valence-electron chi connectivity index (χ1n) is 9.81. The molecule has 6 nitrogen and oxygen atoms in total. The molecule has 0 spiro atoms. The highest BCUT2D eigenvalue weighted by Crippen LogP contribution is 2.37. The molecule has 0 radical (unpaired) electrons. The van der Waals surface area contributed by atoms with Crippen molar-refractivity contribution in [3.8, 4) is 0 Å². The van der Waals surface area contributed by atoms with Crippen molar-refractivity contribution in [1.82, 2.24) is 13.9 Å². The van der Waals surface area contributed by atoms with Crippen molar-refractivity contribution in [3.05, 3.63) is 69.0 Å². The average Bonchev–Trinajstić information content (AvgIpc) is 3.02. The minimum absolute atomic E-state index is 0.218. The fourth-order valence-electron chi connectivity index (χ4n) is 2.49. The number of fused-ring (bicyclic) bond motifs is 5. The molecular weight excluding hydrogens is 282 g/mol. The summed E-state index contributed by atoms with van der Waals surface area (Å²) in [5.41, 5.74) is -1.37. The molecule has 6 heteroatoms. The Balaban J connectivity index is 1.97. The smallest absolute Gasteiger partial charge is 0.347 e. The number of benzene rings is 1. The number of hydrogen-bond acceptors (Lipinski definition) is 3. The molecule has 0 fully saturated rings. The van der Waals surface area contributed by atoms with Gasteiger partial charge in [-0.05, 0) is 12.0 Å². The minimum Gasteiger partial charge on any atom is -0.367 e. The van der Waals surface area contributed by atoms with Gasteiger partial charge in [-0.3, -0.25) is 0 Å². The molecule has 4 rings (SSSR count). The molecular formula is C16H17N3O3. The van der Waals surface area contributed by atoms with Crippen LogP contribution in [0, 0.1) is 0 Å². The van der Waals surface area contributed by atoms with Crippen LogP contribution >= 0.6 is 0 Å². The Bertz CT molecular complexity index is 1120. The standard InChI is InChI=1S/C16H17N3O3/c1-17-15(20)18-12-7-8-14(13(9-12)19(18)16(17)21)22-10-11-5-3-2-4-6-11/h2-8,12-14H,9-10H2,1H3/t12-,13-,14+/m1/s1/i7D,8D,9D,12D,13D,14D/t9-,12-,13-,14+. The quantitative estimate of drug-likeness (QED) is 0.795. The van der Waals surface area contributed by atoms with E-state index in [9.17, 15) is 9.59 Å². The third kappa shape index (κ3) is 1.84. The SMILES string of the molecule is [2H]C1=C([2H])[C@]2([2H])[C@@H]([2H])[C@@]([2H])(n3c(=O)n(C)c(=O)n32)[C@@]1([2H])OCc1ccccc1. The maximum absolute atomic E-state index is 12.6. The van der Waals surface area contributed by atoms with Gasteiger partial charge < -0.3 is 4.74 Å². The zero-order valence-electron chi connectivity index (χ0n) is 17.7. The Morgan fingerprint density at radius 3 is 2.77 bits per heavy atom. The first-order chi connectivity index (χ1) is 13.0. The van der Waals surface area contributed by atoms with Crippen molar-refractivity contribution in [3.63, 3.8) is 0 Å². The Morgan fingerprint density at radius 1 is 1.27 bits per heavy atom. The van der Waals surface area contributed by atoms with Crippen LogP contribution in [0.2, 0.25) is 0 Å². The second-order valence-electron chi connectivity index (χ2n) is 5.02. The van der Waals surface area contributed by atoms with Crippen LogP contribution in [-0.2, 0) is 18.4 Å². The summed E-state index contributed by atoms with van der Waals surface area (Å²) < 4.78 is 58.4. The van der Waals surface area contributed by atoms with Crippen LogP contribution in [0.15, 0.2) is 52.0 Å². The Morgan fingerprint density at radius 2 is 2.00 bits per heavy atom. The lowest BCUT2D eigenvalue weighted by molar-refractivity contribution is 0.0334. The number of rotatable bonds is 3. The van der Waals surface area contributed by atoms with Crippen LogP contribution in [0.5, 0.6) is 0 Å². The topological polar surface area (TPSA) is 58.2 Å². The lowest BCUT2D eigenvalue weighted by Gasteiger charge is -2.23. The van der Waals surface area contributed by atoms with Crippen molar-refractivity contribution in [1.29, 1.82) is 0 Å². The van der Waals surface area contributed by atoms with E-state index < -0.39 is 48.0 Å². The van der Waals surface area contributed by atoms with Crippen LogP contribution in [0.1, 0.15) is 32.2 Å². The highest BCUT2D eigenvalue weighted by atomic mass is 16.5. The number of allylic oxidation sites excluding steroid dienone is 1. The second-order valence-corrected chi connectivity index (χ2v) is 5.02. The van der Waals surface area contributed by atoms with Crippen molar-refractivity contribution < 1.29 is 13.0 Å². The van der Waals surface area contributed by atoms with Gasteiger partial charge in [-0.15, -0.1) is 0 Å². The van der Waals surface area contributed by atoms with Gasteiger partial charge in [0, 0.05) is 8.42 Å². The molecule has 2 aliphatic rings. The Hall–Kier alpha value is -2.34. The van der Waals surface area contributed by atoms with E-state index in [0.29, 0.717) is 19.5 Å². The zero-order valence-corrected chi connectivity index (χ0v) is 11.7. The summed E-state index contributed by atoms with van der Waals surface area (Å²) >= 11 is 0. The van der Waals surface area contributed by atoms with Crippen molar-refractivity contribution in [2.45, 2.75) is 31.1 Å². The van der Waals surface area contributed by atoms with E-state index in [4.69, 9.17) is 13.0 Å². The third-order valence-electron chi connectivity index (χ3n) is 3.63. The van der Waals surface area contributed by atoms with Gasteiger partial charge in [-0.1, -0.05) is 42.4 Å². The summed E-state index contributed by atoms with van der Waals surface area (Å²) in [6.45, 7) is -0.218.